The smallest absolute Gasteiger partial charge is 0.233 e. The Labute approximate surface area is 115 Å². The first-order valence-electron chi connectivity index (χ1n) is 5.54. The molecule has 0 atom stereocenters. The summed E-state index contributed by atoms with van der Waals surface area (Å²) in [6.45, 7) is 3.71. The predicted molar refractivity (Wildman–Crippen MR) is 74.2 cm³/mol. The Morgan fingerprint density at radius 3 is 2.88 bits per heavy atom. The SMILES string of the molecule is CCCNC(=O)CNCc1ccc(Br)c(Cl)c1. The number of rotatable bonds is 6. The Kier molecular flexibility index (Phi) is 6.55. The average Bonchev–Trinajstić information content (AvgIpc) is 2.31. The number of nitrogens with one attached hydrogen (secondary N) is 2. The first-order chi connectivity index (χ1) is 8.13. The van der Waals surface area contributed by atoms with Crippen LogP contribution in [0.25, 0.3) is 0 Å². The average molecular weight is 320 g/mol. The summed E-state index contributed by atoms with van der Waals surface area (Å²) in [6.07, 6.45) is 0.952. The minimum Gasteiger partial charge on any atom is -0.355 e. The van der Waals surface area contributed by atoms with Gasteiger partial charge in [-0.05, 0) is 40.0 Å². The zero-order chi connectivity index (χ0) is 12.7. The molecule has 1 aromatic rings. The molecule has 2 N–H and O–H groups in total. The van der Waals surface area contributed by atoms with E-state index in [1.165, 1.54) is 0 Å². The van der Waals surface area contributed by atoms with Gasteiger partial charge in [0.25, 0.3) is 0 Å². The van der Waals surface area contributed by atoms with Crippen LogP contribution in [0.2, 0.25) is 5.02 Å². The summed E-state index contributed by atoms with van der Waals surface area (Å²) in [5, 5.41) is 6.56. The van der Waals surface area contributed by atoms with Gasteiger partial charge in [-0.1, -0.05) is 24.6 Å². The number of amides is 1. The molecule has 5 heteroatoms. The summed E-state index contributed by atoms with van der Waals surface area (Å²) in [6, 6.07) is 5.74. The van der Waals surface area contributed by atoms with Gasteiger partial charge >= 0.3 is 0 Å². The monoisotopic (exact) mass is 318 g/mol. The van der Waals surface area contributed by atoms with Gasteiger partial charge in [-0.2, -0.15) is 0 Å². The number of carbonyl (C=O) groups excluding carboxylic acids is 1. The highest BCUT2D eigenvalue weighted by molar-refractivity contribution is 9.10. The fraction of sp³-hybridized carbons (Fsp3) is 0.417. The van der Waals surface area contributed by atoms with Crippen molar-refractivity contribution in [1.82, 2.24) is 10.6 Å². The molecule has 0 aliphatic carbocycles. The molecule has 1 rings (SSSR count). The zero-order valence-corrected chi connectivity index (χ0v) is 12.1. The summed E-state index contributed by atoms with van der Waals surface area (Å²) in [5.74, 6) is 0.0232. The van der Waals surface area contributed by atoms with Gasteiger partial charge in [-0.25, -0.2) is 0 Å². The molecule has 0 spiro atoms. The lowest BCUT2D eigenvalue weighted by molar-refractivity contribution is -0.120. The van der Waals surface area contributed by atoms with Crippen LogP contribution in [0, 0.1) is 0 Å². The minimum absolute atomic E-state index is 0.0232. The third kappa shape index (κ3) is 5.52. The molecule has 1 aromatic carbocycles. The molecule has 0 radical (unpaired) electrons. The quantitative estimate of drug-likeness (QED) is 0.846. The largest absolute Gasteiger partial charge is 0.355 e. The van der Waals surface area contributed by atoms with E-state index < -0.39 is 0 Å². The van der Waals surface area contributed by atoms with Crippen molar-refractivity contribution in [2.24, 2.45) is 0 Å². The van der Waals surface area contributed by atoms with Crippen LogP contribution in [0.15, 0.2) is 22.7 Å². The highest BCUT2D eigenvalue weighted by atomic mass is 79.9. The van der Waals surface area contributed by atoms with Crippen molar-refractivity contribution in [2.45, 2.75) is 19.9 Å². The van der Waals surface area contributed by atoms with Gasteiger partial charge in [0, 0.05) is 17.6 Å². The summed E-state index contributed by atoms with van der Waals surface area (Å²) < 4.78 is 0.878. The lowest BCUT2D eigenvalue weighted by atomic mass is 10.2. The standard InChI is InChI=1S/C12H16BrClN2O/c1-2-5-16-12(17)8-15-7-9-3-4-10(13)11(14)6-9/h3-4,6,15H,2,5,7-8H2,1H3,(H,16,17). The topological polar surface area (TPSA) is 41.1 Å². The number of carbonyl (C=O) groups is 1. The molecule has 0 saturated carbocycles. The number of benzene rings is 1. The van der Waals surface area contributed by atoms with Crippen LogP contribution in [0.4, 0.5) is 0 Å². The van der Waals surface area contributed by atoms with Crippen molar-refractivity contribution in [3.8, 4) is 0 Å². The van der Waals surface area contributed by atoms with Gasteiger partial charge < -0.3 is 10.6 Å². The molecule has 0 aliphatic rings. The van der Waals surface area contributed by atoms with Crippen molar-refractivity contribution >= 4 is 33.4 Å². The van der Waals surface area contributed by atoms with Crippen LogP contribution < -0.4 is 10.6 Å². The third-order valence-electron chi connectivity index (χ3n) is 2.17. The number of hydrogen-bond donors (Lipinski definition) is 2. The van der Waals surface area contributed by atoms with Gasteiger partial charge in [0.15, 0.2) is 0 Å². The van der Waals surface area contributed by atoms with Gasteiger partial charge in [0.2, 0.25) is 5.91 Å². The van der Waals surface area contributed by atoms with Gasteiger partial charge in [0.1, 0.15) is 0 Å². The van der Waals surface area contributed by atoms with Crippen molar-refractivity contribution < 1.29 is 4.79 Å². The van der Waals surface area contributed by atoms with Crippen molar-refractivity contribution in [3.63, 3.8) is 0 Å². The summed E-state index contributed by atoms with van der Waals surface area (Å²) >= 11 is 9.30. The van der Waals surface area contributed by atoms with E-state index in [1.807, 2.05) is 25.1 Å². The molecule has 0 saturated heterocycles. The lowest BCUT2D eigenvalue weighted by Crippen LogP contribution is -2.33. The lowest BCUT2D eigenvalue weighted by Gasteiger charge is -2.06. The Bertz CT molecular complexity index is 385. The fourth-order valence-electron chi connectivity index (χ4n) is 1.30. The van der Waals surface area contributed by atoms with E-state index in [9.17, 15) is 4.79 Å². The molecule has 0 unspecified atom stereocenters. The number of halogens is 2. The molecule has 0 bridgehead atoms. The molecule has 0 aliphatic heterocycles. The molecule has 1 amide bonds. The molecule has 0 aromatic heterocycles. The molecular weight excluding hydrogens is 304 g/mol. The van der Waals surface area contributed by atoms with Gasteiger partial charge in [-0.3, -0.25) is 4.79 Å². The van der Waals surface area contributed by atoms with E-state index in [0.29, 0.717) is 18.1 Å². The van der Waals surface area contributed by atoms with Crippen LogP contribution in [0.3, 0.4) is 0 Å². The Morgan fingerprint density at radius 1 is 1.47 bits per heavy atom. The van der Waals surface area contributed by atoms with Gasteiger partial charge in [-0.15, -0.1) is 0 Å². The second-order valence-electron chi connectivity index (χ2n) is 3.70. The van der Waals surface area contributed by atoms with E-state index in [4.69, 9.17) is 11.6 Å². The summed E-state index contributed by atoms with van der Waals surface area (Å²) in [4.78, 5) is 11.3. The second-order valence-corrected chi connectivity index (χ2v) is 4.96. The van der Waals surface area contributed by atoms with E-state index >= 15 is 0 Å². The summed E-state index contributed by atoms with van der Waals surface area (Å²) in [5.41, 5.74) is 1.06. The second kappa shape index (κ2) is 7.69. The highest BCUT2D eigenvalue weighted by Crippen LogP contribution is 2.22. The summed E-state index contributed by atoms with van der Waals surface area (Å²) in [7, 11) is 0. The van der Waals surface area contributed by atoms with Crippen molar-refractivity contribution in [2.75, 3.05) is 13.1 Å². The highest BCUT2D eigenvalue weighted by Gasteiger charge is 2.01. The number of hydrogen-bond acceptors (Lipinski definition) is 2. The molecule has 0 fully saturated rings. The van der Waals surface area contributed by atoms with Crippen LogP contribution >= 0.6 is 27.5 Å². The Hall–Kier alpha value is -0.580. The van der Waals surface area contributed by atoms with Crippen molar-refractivity contribution in [3.05, 3.63) is 33.3 Å². The van der Waals surface area contributed by atoms with Crippen LogP contribution in [-0.2, 0) is 11.3 Å². The van der Waals surface area contributed by atoms with E-state index in [0.717, 1.165) is 23.0 Å². The maximum Gasteiger partial charge on any atom is 0.233 e. The van der Waals surface area contributed by atoms with E-state index in [-0.39, 0.29) is 5.91 Å². The van der Waals surface area contributed by atoms with E-state index in [1.54, 1.807) is 0 Å². The molecule has 3 nitrogen and oxygen atoms in total. The molecule has 0 heterocycles. The Morgan fingerprint density at radius 2 is 2.24 bits per heavy atom. The zero-order valence-electron chi connectivity index (χ0n) is 9.72. The minimum atomic E-state index is 0.0232. The van der Waals surface area contributed by atoms with Crippen LogP contribution in [0.5, 0.6) is 0 Å². The third-order valence-corrected chi connectivity index (χ3v) is 3.40. The van der Waals surface area contributed by atoms with Crippen LogP contribution in [0.1, 0.15) is 18.9 Å². The van der Waals surface area contributed by atoms with Gasteiger partial charge in [0.05, 0.1) is 11.6 Å². The van der Waals surface area contributed by atoms with Crippen molar-refractivity contribution in [1.29, 1.82) is 0 Å². The molecule has 17 heavy (non-hydrogen) atoms. The van der Waals surface area contributed by atoms with Crippen LogP contribution in [-0.4, -0.2) is 19.0 Å². The first kappa shape index (κ1) is 14.5. The molecule has 94 valence electrons. The maximum atomic E-state index is 11.3. The van der Waals surface area contributed by atoms with E-state index in [2.05, 4.69) is 26.6 Å². The predicted octanol–water partition coefficient (Wildman–Crippen LogP) is 2.72. The fourth-order valence-corrected chi connectivity index (χ4v) is 1.75. The maximum absolute atomic E-state index is 11.3. The molecular formula is C12H16BrClN2O. The normalized spacial score (nSPS) is 10.3. The first-order valence-corrected chi connectivity index (χ1v) is 6.72. The Balaban J connectivity index is 2.30.